The second kappa shape index (κ2) is 5.80. The minimum atomic E-state index is 0.270. The first-order valence-corrected chi connectivity index (χ1v) is 9.23. The van der Waals surface area contributed by atoms with Gasteiger partial charge in [-0.05, 0) is 35.9 Å². The van der Waals surface area contributed by atoms with Crippen molar-refractivity contribution < 1.29 is 0 Å². The molecule has 3 aromatic rings. The number of para-hydroxylation sites is 1. The van der Waals surface area contributed by atoms with Gasteiger partial charge in [0.2, 0.25) is 0 Å². The van der Waals surface area contributed by atoms with E-state index in [0.717, 1.165) is 13.1 Å². The van der Waals surface area contributed by atoms with Gasteiger partial charge in [0.1, 0.15) is 6.17 Å². The molecule has 0 aromatic heterocycles. The highest BCUT2D eigenvalue weighted by molar-refractivity contribution is 5.86. The summed E-state index contributed by atoms with van der Waals surface area (Å²) in [6, 6.07) is 26.6. The lowest BCUT2D eigenvalue weighted by molar-refractivity contribution is 0.711. The van der Waals surface area contributed by atoms with E-state index in [1.807, 2.05) is 0 Å². The van der Waals surface area contributed by atoms with E-state index < -0.39 is 0 Å². The SMILES string of the molecule is CN(C)c1ccc(N2CCN3c4ccccc4-c4ccccc4C23)cc1. The van der Waals surface area contributed by atoms with E-state index in [2.05, 4.69) is 102 Å². The fourth-order valence-electron chi connectivity index (χ4n) is 4.35. The van der Waals surface area contributed by atoms with Gasteiger partial charge in [0.05, 0.1) is 0 Å². The van der Waals surface area contributed by atoms with Gasteiger partial charge in [-0.1, -0.05) is 42.5 Å². The van der Waals surface area contributed by atoms with E-state index in [1.54, 1.807) is 0 Å². The fraction of sp³-hybridized carbons (Fsp3) is 0.217. The molecule has 26 heavy (non-hydrogen) atoms. The Kier molecular flexibility index (Phi) is 3.42. The van der Waals surface area contributed by atoms with Gasteiger partial charge in [-0.15, -0.1) is 0 Å². The van der Waals surface area contributed by atoms with Gasteiger partial charge >= 0.3 is 0 Å². The highest BCUT2D eigenvalue weighted by Gasteiger charge is 2.39. The topological polar surface area (TPSA) is 9.72 Å². The minimum absolute atomic E-state index is 0.270. The van der Waals surface area contributed by atoms with Crippen LogP contribution in [0.3, 0.4) is 0 Å². The van der Waals surface area contributed by atoms with E-state index in [9.17, 15) is 0 Å². The van der Waals surface area contributed by atoms with Crippen molar-refractivity contribution in [1.29, 1.82) is 0 Å². The Bertz CT molecular complexity index is 946. The average molecular weight is 341 g/mol. The van der Waals surface area contributed by atoms with Gasteiger partial charge in [0.25, 0.3) is 0 Å². The van der Waals surface area contributed by atoms with Crippen molar-refractivity contribution >= 4 is 17.1 Å². The lowest BCUT2D eigenvalue weighted by Gasteiger charge is -2.39. The summed E-state index contributed by atoms with van der Waals surface area (Å²) in [4.78, 5) is 7.23. The maximum Gasteiger partial charge on any atom is 0.129 e. The van der Waals surface area contributed by atoms with E-state index >= 15 is 0 Å². The molecule has 3 aromatic carbocycles. The molecule has 3 nitrogen and oxygen atoms in total. The molecule has 3 heteroatoms. The summed E-state index contributed by atoms with van der Waals surface area (Å²) in [6.45, 7) is 2.08. The lowest BCUT2D eigenvalue weighted by atomic mass is 9.91. The molecule has 1 unspecified atom stereocenters. The Hall–Kier alpha value is -2.94. The van der Waals surface area contributed by atoms with Gasteiger partial charge in [-0.2, -0.15) is 0 Å². The van der Waals surface area contributed by atoms with Crippen LogP contribution in [0.2, 0.25) is 0 Å². The van der Waals surface area contributed by atoms with Crippen LogP contribution in [0.25, 0.3) is 11.1 Å². The molecule has 1 fully saturated rings. The number of hydrogen-bond acceptors (Lipinski definition) is 3. The summed E-state index contributed by atoms with van der Waals surface area (Å²) < 4.78 is 0. The quantitative estimate of drug-likeness (QED) is 0.665. The largest absolute Gasteiger partial charge is 0.378 e. The Labute approximate surface area is 155 Å². The molecule has 0 radical (unpaired) electrons. The normalized spacial score (nSPS) is 17.5. The number of hydrogen-bond donors (Lipinski definition) is 0. The number of rotatable bonds is 2. The molecular weight excluding hydrogens is 318 g/mol. The Morgan fingerprint density at radius 3 is 2.15 bits per heavy atom. The molecule has 0 amide bonds. The van der Waals surface area contributed by atoms with Gasteiger partial charge < -0.3 is 14.7 Å². The number of nitrogens with zero attached hydrogens (tertiary/aromatic N) is 3. The molecule has 1 saturated heterocycles. The standard InChI is InChI=1S/C23H23N3/c1-24(2)17-11-13-18(14-12-17)25-15-16-26-22-10-6-5-8-20(22)19-7-3-4-9-21(19)23(25)26/h3-14,23H,15-16H2,1-2H3. The van der Waals surface area contributed by atoms with Crippen LogP contribution < -0.4 is 14.7 Å². The molecular formula is C23H23N3. The maximum absolute atomic E-state index is 2.55. The monoisotopic (exact) mass is 341 g/mol. The van der Waals surface area contributed by atoms with Crippen molar-refractivity contribution in [2.24, 2.45) is 0 Å². The molecule has 2 heterocycles. The van der Waals surface area contributed by atoms with Crippen molar-refractivity contribution in [3.63, 3.8) is 0 Å². The highest BCUT2D eigenvalue weighted by Crippen LogP contribution is 2.48. The summed E-state index contributed by atoms with van der Waals surface area (Å²) in [5.41, 5.74) is 7.99. The van der Waals surface area contributed by atoms with E-state index in [1.165, 1.54) is 33.8 Å². The van der Waals surface area contributed by atoms with Gasteiger partial charge in [-0.3, -0.25) is 0 Å². The van der Waals surface area contributed by atoms with Gasteiger partial charge in [0, 0.05) is 55.4 Å². The number of anilines is 3. The van der Waals surface area contributed by atoms with Crippen LogP contribution in [0.15, 0.2) is 72.8 Å². The molecule has 0 spiro atoms. The van der Waals surface area contributed by atoms with Crippen molar-refractivity contribution in [2.45, 2.75) is 6.17 Å². The third-order valence-electron chi connectivity index (χ3n) is 5.61. The predicted molar refractivity (Wildman–Crippen MR) is 110 cm³/mol. The van der Waals surface area contributed by atoms with Gasteiger partial charge in [-0.25, -0.2) is 0 Å². The van der Waals surface area contributed by atoms with Crippen LogP contribution in [0.5, 0.6) is 0 Å². The molecule has 1 atom stereocenters. The summed E-state index contributed by atoms with van der Waals surface area (Å²) in [6.07, 6.45) is 0.270. The number of fused-ring (bicyclic) bond motifs is 6. The van der Waals surface area contributed by atoms with Crippen LogP contribution in [0.4, 0.5) is 17.1 Å². The number of benzene rings is 3. The van der Waals surface area contributed by atoms with Gasteiger partial charge in [0.15, 0.2) is 0 Å². The molecule has 5 rings (SSSR count). The molecule has 0 bridgehead atoms. The molecule has 0 saturated carbocycles. The van der Waals surface area contributed by atoms with Crippen molar-refractivity contribution in [3.05, 3.63) is 78.4 Å². The molecule has 2 aliphatic rings. The smallest absolute Gasteiger partial charge is 0.129 e. The average Bonchev–Trinajstić information content (AvgIpc) is 3.14. The summed E-state index contributed by atoms with van der Waals surface area (Å²) in [5.74, 6) is 0. The lowest BCUT2D eigenvalue weighted by Crippen LogP contribution is -2.33. The van der Waals surface area contributed by atoms with Crippen LogP contribution >= 0.6 is 0 Å². The Morgan fingerprint density at radius 1 is 0.731 bits per heavy atom. The zero-order valence-corrected chi connectivity index (χ0v) is 15.3. The first-order valence-electron chi connectivity index (χ1n) is 9.23. The first kappa shape index (κ1) is 15.3. The van der Waals surface area contributed by atoms with E-state index in [-0.39, 0.29) is 6.17 Å². The van der Waals surface area contributed by atoms with Crippen molar-refractivity contribution in [1.82, 2.24) is 0 Å². The van der Waals surface area contributed by atoms with Crippen LogP contribution in [-0.4, -0.2) is 27.2 Å². The summed E-state index contributed by atoms with van der Waals surface area (Å²) >= 11 is 0. The third-order valence-corrected chi connectivity index (χ3v) is 5.61. The van der Waals surface area contributed by atoms with Crippen LogP contribution in [0, 0.1) is 0 Å². The summed E-state index contributed by atoms with van der Waals surface area (Å²) in [5, 5.41) is 0. The second-order valence-corrected chi connectivity index (χ2v) is 7.28. The zero-order valence-electron chi connectivity index (χ0n) is 15.3. The summed E-state index contributed by atoms with van der Waals surface area (Å²) in [7, 11) is 4.17. The Morgan fingerprint density at radius 2 is 1.38 bits per heavy atom. The van der Waals surface area contributed by atoms with E-state index in [4.69, 9.17) is 0 Å². The molecule has 2 aliphatic heterocycles. The third kappa shape index (κ3) is 2.20. The molecule has 130 valence electrons. The highest BCUT2D eigenvalue weighted by atomic mass is 15.4. The first-order chi connectivity index (χ1) is 12.7. The zero-order chi connectivity index (χ0) is 17.7. The molecule has 0 N–H and O–H groups in total. The predicted octanol–water partition coefficient (Wildman–Crippen LogP) is 4.76. The maximum atomic E-state index is 2.55. The Balaban J connectivity index is 1.61. The van der Waals surface area contributed by atoms with Crippen molar-refractivity contribution in [3.8, 4) is 11.1 Å². The van der Waals surface area contributed by atoms with Crippen LogP contribution in [-0.2, 0) is 0 Å². The van der Waals surface area contributed by atoms with Crippen LogP contribution in [0.1, 0.15) is 11.7 Å². The molecule has 0 aliphatic carbocycles. The van der Waals surface area contributed by atoms with E-state index in [0.29, 0.717) is 0 Å². The van der Waals surface area contributed by atoms with Crippen molar-refractivity contribution in [2.75, 3.05) is 41.9 Å². The second-order valence-electron chi connectivity index (χ2n) is 7.28. The fourth-order valence-corrected chi connectivity index (χ4v) is 4.35. The minimum Gasteiger partial charge on any atom is -0.378 e.